The summed E-state index contributed by atoms with van der Waals surface area (Å²) in [5.41, 5.74) is 0.941. The van der Waals surface area contributed by atoms with Crippen LogP contribution in [0.25, 0.3) is 0 Å². The van der Waals surface area contributed by atoms with Crippen LogP contribution in [0.5, 0.6) is 0 Å². The van der Waals surface area contributed by atoms with Crippen molar-refractivity contribution < 1.29 is 14.6 Å². The summed E-state index contributed by atoms with van der Waals surface area (Å²) in [4.78, 5) is 11.3. The standard InChI is InChI=1S/C13H19NO3/c1-2-6-12(15)9-14-13(16)17-10-11-7-4-3-5-8-11/h3-5,7-8,12,15H,2,6,9-10H2,1H3,(H,14,16). The van der Waals surface area contributed by atoms with Crippen molar-refractivity contribution in [1.29, 1.82) is 0 Å². The minimum absolute atomic E-state index is 0.238. The first-order valence-corrected chi connectivity index (χ1v) is 5.85. The van der Waals surface area contributed by atoms with E-state index in [1.165, 1.54) is 0 Å². The molecule has 1 unspecified atom stereocenters. The maximum atomic E-state index is 11.3. The zero-order valence-electron chi connectivity index (χ0n) is 10.1. The molecule has 1 aromatic rings. The van der Waals surface area contributed by atoms with E-state index in [0.29, 0.717) is 6.42 Å². The summed E-state index contributed by atoms with van der Waals surface area (Å²) in [7, 11) is 0. The van der Waals surface area contributed by atoms with Crippen molar-refractivity contribution in [2.24, 2.45) is 0 Å². The van der Waals surface area contributed by atoms with Crippen LogP contribution in [-0.4, -0.2) is 23.8 Å². The van der Waals surface area contributed by atoms with E-state index in [0.717, 1.165) is 12.0 Å². The molecule has 1 amide bonds. The summed E-state index contributed by atoms with van der Waals surface area (Å²) in [5, 5.41) is 11.9. The Bertz CT molecular complexity index is 327. The predicted molar refractivity (Wildman–Crippen MR) is 65.5 cm³/mol. The molecule has 94 valence electrons. The van der Waals surface area contributed by atoms with Gasteiger partial charge < -0.3 is 15.2 Å². The first-order chi connectivity index (χ1) is 8.22. The topological polar surface area (TPSA) is 58.6 Å². The van der Waals surface area contributed by atoms with Crippen LogP contribution in [0.3, 0.4) is 0 Å². The van der Waals surface area contributed by atoms with Crippen LogP contribution in [0, 0.1) is 0 Å². The molecule has 0 aliphatic rings. The number of rotatable bonds is 6. The number of carbonyl (C=O) groups is 1. The fourth-order valence-corrected chi connectivity index (χ4v) is 1.41. The fourth-order valence-electron chi connectivity index (χ4n) is 1.41. The van der Waals surface area contributed by atoms with Gasteiger partial charge in [0, 0.05) is 6.54 Å². The van der Waals surface area contributed by atoms with Gasteiger partial charge in [0.25, 0.3) is 0 Å². The van der Waals surface area contributed by atoms with E-state index in [4.69, 9.17) is 4.74 Å². The normalized spacial score (nSPS) is 11.9. The molecule has 0 aromatic heterocycles. The highest BCUT2D eigenvalue weighted by Crippen LogP contribution is 2.00. The molecule has 1 aromatic carbocycles. The highest BCUT2D eigenvalue weighted by Gasteiger charge is 2.06. The first-order valence-electron chi connectivity index (χ1n) is 5.85. The Balaban J connectivity index is 2.17. The maximum absolute atomic E-state index is 11.3. The molecule has 0 aliphatic heterocycles. The van der Waals surface area contributed by atoms with E-state index in [1.807, 2.05) is 37.3 Å². The molecule has 4 heteroatoms. The van der Waals surface area contributed by atoms with Crippen LogP contribution in [0.2, 0.25) is 0 Å². The van der Waals surface area contributed by atoms with E-state index in [9.17, 15) is 9.90 Å². The lowest BCUT2D eigenvalue weighted by Crippen LogP contribution is -2.32. The summed E-state index contributed by atoms with van der Waals surface area (Å²) in [5.74, 6) is 0. The zero-order valence-corrected chi connectivity index (χ0v) is 10.1. The van der Waals surface area contributed by atoms with Crippen molar-refractivity contribution >= 4 is 6.09 Å². The summed E-state index contributed by atoms with van der Waals surface area (Å²) in [6.45, 7) is 2.47. The Labute approximate surface area is 102 Å². The molecule has 0 bridgehead atoms. The van der Waals surface area contributed by atoms with E-state index < -0.39 is 12.2 Å². The molecule has 4 nitrogen and oxygen atoms in total. The van der Waals surface area contributed by atoms with Crippen LogP contribution in [0.1, 0.15) is 25.3 Å². The monoisotopic (exact) mass is 237 g/mol. The predicted octanol–water partition coefficient (Wildman–Crippen LogP) is 2.07. The quantitative estimate of drug-likeness (QED) is 0.796. The maximum Gasteiger partial charge on any atom is 0.407 e. The molecule has 0 spiro atoms. The number of benzene rings is 1. The van der Waals surface area contributed by atoms with Gasteiger partial charge in [0.15, 0.2) is 0 Å². The van der Waals surface area contributed by atoms with E-state index in [-0.39, 0.29) is 13.2 Å². The highest BCUT2D eigenvalue weighted by atomic mass is 16.5. The number of hydrogen-bond acceptors (Lipinski definition) is 3. The van der Waals surface area contributed by atoms with E-state index >= 15 is 0 Å². The molecule has 0 heterocycles. The Kier molecular flexibility index (Phi) is 6.10. The average molecular weight is 237 g/mol. The second-order valence-electron chi connectivity index (χ2n) is 3.89. The lowest BCUT2D eigenvalue weighted by atomic mass is 10.2. The van der Waals surface area contributed by atoms with Crippen molar-refractivity contribution in [3.63, 3.8) is 0 Å². The van der Waals surface area contributed by atoms with Crippen molar-refractivity contribution in [1.82, 2.24) is 5.32 Å². The number of aliphatic hydroxyl groups excluding tert-OH is 1. The number of carbonyl (C=O) groups excluding carboxylic acids is 1. The third-order valence-electron chi connectivity index (χ3n) is 2.32. The molecule has 1 rings (SSSR count). The highest BCUT2D eigenvalue weighted by molar-refractivity contribution is 5.67. The van der Waals surface area contributed by atoms with Gasteiger partial charge in [0.05, 0.1) is 6.10 Å². The molecule has 0 aliphatic carbocycles. The molecule has 0 fully saturated rings. The lowest BCUT2D eigenvalue weighted by molar-refractivity contribution is 0.123. The number of amides is 1. The second kappa shape index (κ2) is 7.68. The summed E-state index contributed by atoms with van der Waals surface area (Å²) < 4.78 is 5.00. The first kappa shape index (κ1) is 13.5. The van der Waals surface area contributed by atoms with Crippen molar-refractivity contribution in [3.8, 4) is 0 Å². The van der Waals surface area contributed by atoms with E-state index in [2.05, 4.69) is 5.32 Å². The van der Waals surface area contributed by atoms with Crippen LogP contribution in [0.15, 0.2) is 30.3 Å². The lowest BCUT2D eigenvalue weighted by Gasteiger charge is -2.11. The number of hydrogen-bond donors (Lipinski definition) is 2. The fraction of sp³-hybridized carbons (Fsp3) is 0.462. The van der Waals surface area contributed by atoms with E-state index in [1.54, 1.807) is 0 Å². The summed E-state index contributed by atoms with van der Waals surface area (Å²) >= 11 is 0. The average Bonchev–Trinajstić information content (AvgIpc) is 2.35. The molecular formula is C13H19NO3. The molecule has 0 radical (unpaired) electrons. The van der Waals surface area contributed by atoms with Gasteiger partial charge in [-0.1, -0.05) is 43.7 Å². The van der Waals surface area contributed by atoms with Crippen LogP contribution in [-0.2, 0) is 11.3 Å². The molecule has 2 N–H and O–H groups in total. The SMILES string of the molecule is CCCC(O)CNC(=O)OCc1ccccc1. The van der Waals surface area contributed by atoms with Crippen molar-refractivity contribution in [2.75, 3.05) is 6.54 Å². The number of alkyl carbamates (subject to hydrolysis) is 1. The number of nitrogens with one attached hydrogen (secondary N) is 1. The second-order valence-corrected chi connectivity index (χ2v) is 3.89. The van der Waals surface area contributed by atoms with Crippen molar-refractivity contribution in [2.45, 2.75) is 32.5 Å². The molecule has 17 heavy (non-hydrogen) atoms. The third kappa shape index (κ3) is 5.92. The third-order valence-corrected chi connectivity index (χ3v) is 2.32. The molecular weight excluding hydrogens is 218 g/mol. The Morgan fingerprint density at radius 1 is 1.41 bits per heavy atom. The van der Waals surface area contributed by atoms with Gasteiger partial charge in [-0.15, -0.1) is 0 Å². The van der Waals surface area contributed by atoms with Gasteiger partial charge in [-0.3, -0.25) is 0 Å². The van der Waals surface area contributed by atoms with Gasteiger partial charge in [-0.25, -0.2) is 4.79 Å². The Hall–Kier alpha value is -1.55. The number of aliphatic hydroxyl groups is 1. The molecule has 0 saturated heterocycles. The number of ether oxygens (including phenoxy) is 1. The van der Waals surface area contributed by atoms with Gasteiger partial charge in [0.1, 0.15) is 6.61 Å². The summed E-state index contributed by atoms with van der Waals surface area (Å²) in [6, 6.07) is 9.46. The van der Waals surface area contributed by atoms with Gasteiger partial charge >= 0.3 is 6.09 Å². The van der Waals surface area contributed by atoms with Gasteiger partial charge in [0.2, 0.25) is 0 Å². The van der Waals surface area contributed by atoms with Crippen LogP contribution < -0.4 is 5.32 Å². The van der Waals surface area contributed by atoms with Crippen molar-refractivity contribution in [3.05, 3.63) is 35.9 Å². The molecule has 0 saturated carbocycles. The summed E-state index contributed by atoms with van der Waals surface area (Å²) in [6.07, 6.45) is 0.578. The smallest absolute Gasteiger partial charge is 0.407 e. The van der Waals surface area contributed by atoms with Gasteiger partial charge in [-0.05, 0) is 12.0 Å². The minimum Gasteiger partial charge on any atom is -0.445 e. The Morgan fingerprint density at radius 2 is 2.12 bits per heavy atom. The van der Waals surface area contributed by atoms with Gasteiger partial charge in [-0.2, -0.15) is 0 Å². The van der Waals surface area contributed by atoms with Crippen LogP contribution >= 0.6 is 0 Å². The largest absolute Gasteiger partial charge is 0.445 e. The zero-order chi connectivity index (χ0) is 12.5. The molecule has 1 atom stereocenters. The van der Waals surface area contributed by atoms with Crippen LogP contribution in [0.4, 0.5) is 4.79 Å². The minimum atomic E-state index is -0.496. The Morgan fingerprint density at radius 3 is 2.76 bits per heavy atom.